The van der Waals surface area contributed by atoms with Gasteiger partial charge in [0.05, 0.1) is 19.8 Å². The number of aliphatic hydroxyl groups is 1. The summed E-state index contributed by atoms with van der Waals surface area (Å²) >= 11 is 0. The van der Waals surface area contributed by atoms with Gasteiger partial charge in [-0.1, -0.05) is 6.07 Å². The molecule has 0 aromatic heterocycles. The molecule has 3 N–H and O–H groups in total. The van der Waals surface area contributed by atoms with Crippen molar-refractivity contribution in [3.8, 4) is 5.75 Å². The van der Waals surface area contributed by atoms with Crippen LogP contribution < -0.4 is 10.5 Å². The van der Waals surface area contributed by atoms with Gasteiger partial charge < -0.3 is 15.6 Å². The highest BCUT2D eigenvalue weighted by molar-refractivity contribution is 5.48. The highest BCUT2D eigenvalue weighted by Gasteiger charge is 2.20. The second-order valence-electron chi connectivity index (χ2n) is 4.32. The van der Waals surface area contributed by atoms with Crippen molar-refractivity contribution < 1.29 is 9.84 Å². The van der Waals surface area contributed by atoms with Crippen LogP contribution in [0.15, 0.2) is 12.1 Å². The number of rotatable bonds is 3. The van der Waals surface area contributed by atoms with Crippen LogP contribution in [-0.2, 0) is 12.8 Å². The smallest absolute Gasteiger partial charge is 0.124 e. The predicted octanol–water partition coefficient (Wildman–Crippen LogP) is 1.57. The Morgan fingerprint density at radius 2 is 2.12 bits per heavy atom. The molecular formula is C13H19NO2. The lowest BCUT2D eigenvalue weighted by Gasteiger charge is -2.24. The Kier molecular flexibility index (Phi) is 3.46. The van der Waals surface area contributed by atoms with Crippen molar-refractivity contribution in [3.63, 3.8) is 0 Å². The summed E-state index contributed by atoms with van der Waals surface area (Å²) < 4.78 is 5.34. The summed E-state index contributed by atoms with van der Waals surface area (Å²) in [5, 5.41) is 9.23. The van der Waals surface area contributed by atoms with Gasteiger partial charge in [0.1, 0.15) is 5.75 Å². The van der Waals surface area contributed by atoms with Gasteiger partial charge in [0, 0.05) is 5.56 Å². The van der Waals surface area contributed by atoms with Gasteiger partial charge in [-0.15, -0.1) is 0 Å². The van der Waals surface area contributed by atoms with E-state index in [1.54, 1.807) is 7.11 Å². The molecule has 0 amide bonds. The molecule has 3 heteroatoms. The molecule has 0 saturated heterocycles. The minimum atomic E-state index is -0.331. The van der Waals surface area contributed by atoms with E-state index in [0.717, 1.165) is 24.2 Å². The molecule has 2 rings (SSSR count). The highest BCUT2D eigenvalue weighted by Crippen LogP contribution is 2.34. The first-order valence-electron chi connectivity index (χ1n) is 5.83. The fraction of sp³-hybridized carbons (Fsp3) is 0.538. The van der Waals surface area contributed by atoms with Crippen molar-refractivity contribution in [2.24, 2.45) is 5.73 Å². The molecule has 3 nitrogen and oxygen atoms in total. The number of benzene rings is 1. The Labute approximate surface area is 96.2 Å². The molecule has 1 unspecified atom stereocenters. The second kappa shape index (κ2) is 4.85. The van der Waals surface area contributed by atoms with Crippen molar-refractivity contribution >= 4 is 0 Å². The number of nitrogens with two attached hydrogens (primary N) is 1. The maximum absolute atomic E-state index is 9.23. The summed E-state index contributed by atoms with van der Waals surface area (Å²) in [6, 6.07) is 3.76. The average Bonchev–Trinajstić information content (AvgIpc) is 2.36. The fourth-order valence-electron chi connectivity index (χ4n) is 2.51. The van der Waals surface area contributed by atoms with Gasteiger partial charge in [0.25, 0.3) is 0 Å². The Bertz CT molecular complexity index is 376. The van der Waals surface area contributed by atoms with E-state index in [1.807, 2.05) is 6.07 Å². The molecular weight excluding hydrogens is 202 g/mol. The second-order valence-corrected chi connectivity index (χ2v) is 4.32. The number of methoxy groups -OCH3 is 1. The van der Waals surface area contributed by atoms with Gasteiger partial charge in [-0.3, -0.25) is 0 Å². The maximum atomic E-state index is 9.23. The zero-order chi connectivity index (χ0) is 11.5. The lowest BCUT2D eigenvalue weighted by molar-refractivity contribution is 0.263. The van der Waals surface area contributed by atoms with E-state index in [2.05, 4.69) is 6.07 Å². The van der Waals surface area contributed by atoms with Gasteiger partial charge in [0.2, 0.25) is 0 Å². The van der Waals surface area contributed by atoms with Crippen molar-refractivity contribution in [2.75, 3.05) is 13.7 Å². The van der Waals surface area contributed by atoms with Crippen molar-refractivity contribution in [1.82, 2.24) is 0 Å². The molecule has 16 heavy (non-hydrogen) atoms. The SMILES string of the molecule is COc1ccc2c(c1C(N)CO)CCCC2. The standard InChI is InChI=1S/C13H19NO2/c1-16-12-7-6-9-4-2-3-5-10(9)13(12)11(14)8-15/h6-7,11,15H,2-5,8,14H2,1H3. The Hall–Kier alpha value is -1.06. The summed E-state index contributed by atoms with van der Waals surface area (Å²) in [5.74, 6) is 0.808. The molecule has 0 saturated carbocycles. The van der Waals surface area contributed by atoms with Crippen LogP contribution in [0.3, 0.4) is 0 Å². The van der Waals surface area contributed by atoms with Gasteiger partial charge in [-0.25, -0.2) is 0 Å². The molecule has 0 bridgehead atoms. The Morgan fingerprint density at radius 3 is 2.81 bits per heavy atom. The number of fused-ring (bicyclic) bond motifs is 1. The van der Waals surface area contributed by atoms with Crippen molar-refractivity contribution in [2.45, 2.75) is 31.7 Å². The van der Waals surface area contributed by atoms with E-state index < -0.39 is 0 Å². The van der Waals surface area contributed by atoms with Gasteiger partial charge in [0.15, 0.2) is 0 Å². The van der Waals surface area contributed by atoms with Crippen LogP contribution >= 0.6 is 0 Å². The van der Waals surface area contributed by atoms with Gasteiger partial charge >= 0.3 is 0 Å². The third-order valence-corrected chi connectivity index (χ3v) is 3.32. The van der Waals surface area contributed by atoms with E-state index in [-0.39, 0.29) is 12.6 Å². The first-order valence-corrected chi connectivity index (χ1v) is 5.83. The molecule has 0 heterocycles. The average molecular weight is 221 g/mol. The normalized spacial score (nSPS) is 16.7. The predicted molar refractivity (Wildman–Crippen MR) is 63.7 cm³/mol. The minimum Gasteiger partial charge on any atom is -0.496 e. The molecule has 0 fully saturated rings. The molecule has 1 aliphatic rings. The van der Waals surface area contributed by atoms with E-state index >= 15 is 0 Å². The molecule has 88 valence electrons. The van der Waals surface area contributed by atoms with Crippen LogP contribution in [0.4, 0.5) is 0 Å². The largest absolute Gasteiger partial charge is 0.496 e. The fourth-order valence-corrected chi connectivity index (χ4v) is 2.51. The lowest BCUT2D eigenvalue weighted by atomic mass is 9.85. The van der Waals surface area contributed by atoms with Crippen molar-refractivity contribution in [1.29, 1.82) is 0 Å². The monoisotopic (exact) mass is 221 g/mol. The van der Waals surface area contributed by atoms with Gasteiger partial charge in [-0.2, -0.15) is 0 Å². The van der Waals surface area contributed by atoms with Gasteiger partial charge in [-0.05, 0) is 42.9 Å². The number of aryl methyl sites for hydroxylation is 1. The topological polar surface area (TPSA) is 55.5 Å². The third kappa shape index (κ3) is 1.93. The van der Waals surface area contributed by atoms with Crippen LogP contribution in [0.1, 0.15) is 35.6 Å². The molecule has 0 radical (unpaired) electrons. The van der Waals surface area contributed by atoms with E-state index in [0.29, 0.717) is 0 Å². The molecule has 1 aliphatic carbocycles. The van der Waals surface area contributed by atoms with Crippen molar-refractivity contribution in [3.05, 3.63) is 28.8 Å². The minimum absolute atomic E-state index is 0.0349. The number of ether oxygens (including phenoxy) is 1. The molecule has 1 aromatic carbocycles. The molecule has 0 aliphatic heterocycles. The quantitative estimate of drug-likeness (QED) is 0.814. The molecule has 0 spiro atoms. The summed E-state index contributed by atoms with van der Waals surface area (Å²) in [6.07, 6.45) is 4.61. The van der Waals surface area contributed by atoms with Crippen LogP contribution in [0.2, 0.25) is 0 Å². The summed E-state index contributed by atoms with van der Waals surface area (Å²) in [5.41, 5.74) is 9.63. The maximum Gasteiger partial charge on any atom is 0.124 e. The van der Waals surface area contributed by atoms with E-state index in [9.17, 15) is 5.11 Å². The zero-order valence-electron chi connectivity index (χ0n) is 9.70. The number of hydrogen-bond donors (Lipinski definition) is 2. The Morgan fingerprint density at radius 1 is 1.38 bits per heavy atom. The summed E-state index contributed by atoms with van der Waals surface area (Å²) in [6.45, 7) is -0.0349. The van der Waals surface area contributed by atoms with Crippen LogP contribution in [0.25, 0.3) is 0 Å². The lowest BCUT2D eigenvalue weighted by Crippen LogP contribution is -2.20. The van der Waals surface area contributed by atoms with Crippen LogP contribution in [-0.4, -0.2) is 18.8 Å². The highest BCUT2D eigenvalue weighted by atomic mass is 16.5. The third-order valence-electron chi connectivity index (χ3n) is 3.32. The summed E-state index contributed by atoms with van der Waals surface area (Å²) in [7, 11) is 1.65. The first-order chi connectivity index (χ1) is 7.77. The molecule has 1 aromatic rings. The van der Waals surface area contributed by atoms with Crippen LogP contribution in [0, 0.1) is 0 Å². The number of hydrogen-bond acceptors (Lipinski definition) is 3. The van der Waals surface area contributed by atoms with E-state index in [4.69, 9.17) is 10.5 Å². The van der Waals surface area contributed by atoms with E-state index in [1.165, 1.54) is 24.0 Å². The zero-order valence-corrected chi connectivity index (χ0v) is 9.70. The number of aliphatic hydroxyl groups excluding tert-OH is 1. The first kappa shape index (κ1) is 11.4. The summed E-state index contributed by atoms with van der Waals surface area (Å²) in [4.78, 5) is 0. The Balaban J connectivity index is 2.51. The van der Waals surface area contributed by atoms with Crippen LogP contribution in [0.5, 0.6) is 5.75 Å². The molecule has 1 atom stereocenters.